The van der Waals surface area contributed by atoms with Crippen molar-refractivity contribution < 1.29 is 31.9 Å². The molecule has 1 amide bonds. The minimum atomic E-state index is -4.70. The Morgan fingerprint density at radius 1 is 1.16 bits per heavy atom. The van der Waals surface area contributed by atoms with Gasteiger partial charge in [-0.15, -0.1) is 0 Å². The third-order valence-electron chi connectivity index (χ3n) is 5.16. The van der Waals surface area contributed by atoms with Gasteiger partial charge in [-0.25, -0.2) is 9.18 Å². The van der Waals surface area contributed by atoms with E-state index in [1.807, 2.05) is 0 Å². The summed E-state index contributed by atoms with van der Waals surface area (Å²) in [6.07, 6.45) is -3.86. The monoisotopic (exact) mass is 446 g/mol. The molecule has 0 bridgehead atoms. The van der Waals surface area contributed by atoms with Gasteiger partial charge >= 0.3 is 12.3 Å². The lowest BCUT2D eigenvalue weighted by molar-refractivity contribution is -0.138. The molecule has 0 spiro atoms. The van der Waals surface area contributed by atoms with Gasteiger partial charge in [-0.1, -0.05) is 13.0 Å². The van der Waals surface area contributed by atoms with Crippen LogP contribution >= 0.6 is 0 Å². The molecule has 31 heavy (non-hydrogen) atoms. The van der Waals surface area contributed by atoms with Gasteiger partial charge in [0.15, 0.2) is 0 Å². The van der Waals surface area contributed by atoms with Crippen LogP contribution in [0.15, 0.2) is 18.2 Å². The molecular weight excluding hydrogens is 416 g/mol. The van der Waals surface area contributed by atoms with Gasteiger partial charge in [0, 0.05) is 32.1 Å². The number of hydrogen-bond acceptors (Lipinski definition) is 4. The number of piperidine rings is 1. The molecule has 0 radical (unpaired) electrons. The lowest BCUT2D eigenvalue weighted by Crippen LogP contribution is -2.49. The fraction of sp³-hybridized carbons (Fsp3) is 0.636. The van der Waals surface area contributed by atoms with Crippen LogP contribution in [0.1, 0.15) is 58.1 Å². The van der Waals surface area contributed by atoms with Crippen molar-refractivity contribution in [2.24, 2.45) is 0 Å². The lowest BCUT2D eigenvalue weighted by atomic mass is 10.00. The zero-order valence-electron chi connectivity index (χ0n) is 18.4. The van der Waals surface area contributed by atoms with E-state index in [9.17, 15) is 27.2 Å². The number of halogens is 4. The maximum atomic E-state index is 13.5. The average molecular weight is 446 g/mol. The second kappa shape index (κ2) is 9.97. The maximum absolute atomic E-state index is 13.5. The van der Waals surface area contributed by atoms with Crippen LogP contribution in [0.5, 0.6) is 0 Å². The van der Waals surface area contributed by atoms with Crippen LogP contribution in [-0.2, 0) is 22.3 Å². The van der Waals surface area contributed by atoms with Crippen molar-refractivity contribution in [1.29, 1.82) is 0 Å². The van der Waals surface area contributed by atoms with Gasteiger partial charge in [0.05, 0.1) is 12.1 Å². The standard InChI is InChI=1S/C22H30F4N2O3/c1-5-18(29)14-28(13-15-6-7-16(23)12-19(15)22(24,25)26)17-8-10-27(11-9-17)20(30)31-21(2,3)4/h6-7,12,17H,5,8-11,13-14H2,1-4H3. The Balaban J connectivity index is 2.16. The first-order valence-electron chi connectivity index (χ1n) is 10.4. The molecule has 1 aliphatic heterocycles. The molecule has 2 rings (SSSR count). The van der Waals surface area contributed by atoms with E-state index in [1.54, 1.807) is 37.5 Å². The summed E-state index contributed by atoms with van der Waals surface area (Å²) in [4.78, 5) is 27.7. The minimum absolute atomic E-state index is 0.00226. The Morgan fingerprint density at radius 3 is 2.29 bits per heavy atom. The van der Waals surface area contributed by atoms with Crippen molar-refractivity contribution in [2.45, 2.75) is 71.3 Å². The van der Waals surface area contributed by atoms with E-state index < -0.39 is 29.3 Å². The molecule has 1 aliphatic rings. The van der Waals surface area contributed by atoms with E-state index in [2.05, 4.69) is 0 Å². The van der Waals surface area contributed by atoms with Crippen molar-refractivity contribution in [2.75, 3.05) is 19.6 Å². The molecule has 1 saturated heterocycles. The van der Waals surface area contributed by atoms with Crippen molar-refractivity contribution >= 4 is 11.9 Å². The maximum Gasteiger partial charge on any atom is 0.416 e. The number of alkyl halides is 3. The van der Waals surface area contributed by atoms with Gasteiger partial charge in [-0.05, 0) is 51.3 Å². The first kappa shape index (κ1) is 25.1. The molecule has 0 saturated carbocycles. The topological polar surface area (TPSA) is 49.9 Å². The van der Waals surface area contributed by atoms with E-state index in [0.29, 0.717) is 32.0 Å². The molecule has 1 aromatic carbocycles. The fourth-order valence-electron chi connectivity index (χ4n) is 3.56. The molecule has 0 atom stereocenters. The number of ketones is 1. The molecule has 1 heterocycles. The number of nitrogens with zero attached hydrogens (tertiary/aromatic N) is 2. The second-order valence-corrected chi connectivity index (χ2v) is 8.80. The average Bonchev–Trinajstić information content (AvgIpc) is 2.66. The van der Waals surface area contributed by atoms with Crippen molar-refractivity contribution in [3.63, 3.8) is 0 Å². The largest absolute Gasteiger partial charge is 0.444 e. The van der Waals surface area contributed by atoms with E-state index >= 15 is 0 Å². The molecule has 5 nitrogen and oxygen atoms in total. The smallest absolute Gasteiger partial charge is 0.416 e. The summed E-state index contributed by atoms with van der Waals surface area (Å²) in [7, 11) is 0. The van der Waals surface area contributed by atoms with Crippen molar-refractivity contribution in [1.82, 2.24) is 9.80 Å². The summed E-state index contributed by atoms with van der Waals surface area (Å²) in [5.74, 6) is -1.05. The highest BCUT2D eigenvalue weighted by molar-refractivity contribution is 5.80. The summed E-state index contributed by atoms with van der Waals surface area (Å²) >= 11 is 0. The Hall–Kier alpha value is -2.16. The summed E-state index contributed by atoms with van der Waals surface area (Å²) in [6.45, 7) is 7.66. The van der Waals surface area contributed by atoms with Gasteiger partial charge in [0.2, 0.25) is 0 Å². The van der Waals surface area contributed by atoms with Crippen molar-refractivity contribution in [3.05, 3.63) is 35.1 Å². The number of amides is 1. The number of benzene rings is 1. The van der Waals surface area contributed by atoms with Crippen LogP contribution in [0.3, 0.4) is 0 Å². The Kier molecular flexibility index (Phi) is 8.08. The molecule has 1 fully saturated rings. The molecule has 0 N–H and O–H groups in total. The minimum Gasteiger partial charge on any atom is -0.444 e. The first-order chi connectivity index (χ1) is 14.3. The summed E-state index contributed by atoms with van der Waals surface area (Å²) in [5, 5.41) is 0. The van der Waals surface area contributed by atoms with Crippen molar-refractivity contribution in [3.8, 4) is 0 Å². The highest BCUT2D eigenvalue weighted by Gasteiger charge is 2.36. The summed E-state index contributed by atoms with van der Waals surface area (Å²) in [5.41, 5.74) is -1.73. The van der Waals surface area contributed by atoms with Gasteiger partial charge < -0.3 is 9.64 Å². The third kappa shape index (κ3) is 7.48. The zero-order valence-corrected chi connectivity index (χ0v) is 18.4. The highest BCUT2D eigenvalue weighted by atomic mass is 19.4. The molecule has 0 aliphatic carbocycles. The normalized spacial score (nSPS) is 16.0. The zero-order chi connectivity index (χ0) is 23.4. The van der Waals surface area contributed by atoms with E-state index in [0.717, 1.165) is 12.1 Å². The quantitative estimate of drug-likeness (QED) is 0.576. The van der Waals surface area contributed by atoms with Crippen LogP contribution in [0.2, 0.25) is 0 Å². The first-order valence-corrected chi connectivity index (χ1v) is 10.4. The summed E-state index contributed by atoms with van der Waals surface area (Å²) in [6, 6.07) is 2.42. The van der Waals surface area contributed by atoms with E-state index in [-0.39, 0.29) is 36.9 Å². The predicted octanol–water partition coefficient (Wildman–Crippen LogP) is 5.03. The summed E-state index contributed by atoms with van der Waals surface area (Å²) < 4.78 is 59.1. The Bertz CT molecular complexity index is 782. The van der Waals surface area contributed by atoms with E-state index in [1.165, 1.54) is 0 Å². The van der Waals surface area contributed by atoms with Crippen LogP contribution in [0.4, 0.5) is 22.4 Å². The Morgan fingerprint density at radius 2 is 1.77 bits per heavy atom. The van der Waals surface area contributed by atoms with Gasteiger partial charge in [0.1, 0.15) is 17.2 Å². The number of likely N-dealkylation sites (tertiary alicyclic amines) is 1. The molecule has 1 aromatic rings. The van der Waals surface area contributed by atoms with Gasteiger partial charge in [-0.3, -0.25) is 9.69 Å². The fourth-order valence-corrected chi connectivity index (χ4v) is 3.56. The third-order valence-corrected chi connectivity index (χ3v) is 5.16. The van der Waals surface area contributed by atoms with Crippen LogP contribution in [0.25, 0.3) is 0 Å². The Labute approximate surface area is 180 Å². The molecule has 0 unspecified atom stereocenters. The lowest BCUT2D eigenvalue weighted by Gasteiger charge is -2.39. The molecule has 0 aromatic heterocycles. The number of ether oxygens (including phenoxy) is 1. The van der Waals surface area contributed by atoms with Crippen LogP contribution in [0, 0.1) is 5.82 Å². The van der Waals surface area contributed by atoms with Crippen LogP contribution in [-0.4, -0.2) is 53.0 Å². The van der Waals surface area contributed by atoms with Gasteiger partial charge in [-0.2, -0.15) is 13.2 Å². The predicted molar refractivity (Wildman–Crippen MR) is 108 cm³/mol. The van der Waals surface area contributed by atoms with E-state index in [4.69, 9.17) is 4.74 Å². The van der Waals surface area contributed by atoms with Gasteiger partial charge in [0.25, 0.3) is 0 Å². The number of carbonyl (C=O) groups is 2. The number of Topliss-reactive ketones (excluding diaryl/α,β-unsaturated/α-hetero) is 1. The molecule has 174 valence electrons. The number of rotatable bonds is 6. The number of carbonyl (C=O) groups excluding carboxylic acids is 2. The number of hydrogen-bond donors (Lipinski definition) is 0. The molecule has 9 heteroatoms. The van der Waals surface area contributed by atoms with Crippen LogP contribution < -0.4 is 0 Å². The second-order valence-electron chi connectivity index (χ2n) is 8.80. The molecular formula is C22H30F4N2O3. The highest BCUT2D eigenvalue weighted by Crippen LogP contribution is 2.34. The SMILES string of the molecule is CCC(=O)CN(Cc1ccc(F)cc1C(F)(F)F)C1CCN(C(=O)OC(C)(C)C)CC1.